The van der Waals surface area contributed by atoms with Crippen LogP contribution in [0.4, 0.5) is 0 Å². The zero-order valence-electron chi connectivity index (χ0n) is 35.1. The largest absolute Gasteiger partial charge is 0.457 e. The summed E-state index contributed by atoms with van der Waals surface area (Å²) >= 11 is 0. The molecule has 0 saturated heterocycles. The average molecular weight is 731 g/mol. The van der Waals surface area contributed by atoms with E-state index in [1.165, 1.54) is 186 Å². The SMILES string of the molecule is CCCCCCC/C=C\C/C=C\C/C=C\CCCCCCCCCOCC(CO)OC(=O)CCCCCCCCCCCCCCCCCCCC. The highest BCUT2D eigenvalue weighted by molar-refractivity contribution is 5.69. The molecule has 1 atom stereocenters. The molecule has 0 amide bonds. The van der Waals surface area contributed by atoms with Crippen LogP contribution in [0.5, 0.6) is 0 Å². The zero-order valence-corrected chi connectivity index (χ0v) is 35.1. The number of carbonyl (C=O) groups is 1. The summed E-state index contributed by atoms with van der Waals surface area (Å²) in [5.74, 6) is -0.200. The third-order valence-electron chi connectivity index (χ3n) is 10.2. The lowest BCUT2D eigenvalue weighted by Gasteiger charge is -2.16. The van der Waals surface area contributed by atoms with E-state index in [0.717, 1.165) is 32.1 Å². The van der Waals surface area contributed by atoms with Crippen LogP contribution in [0.15, 0.2) is 36.5 Å². The Balaban J connectivity index is 3.43. The Bertz CT molecular complexity index is 772. The van der Waals surface area contributed by atoms with Crippen LogP contribution in [0, 0.1) is 0 Å². The highest BCUT2D eigenvalue weighted by atomic mass is 16.6. The van der Waals surface area contributed by atoms with Gasteiger partial charge in [0.05, 0.1) is 13.2 Å². The number of carbonyl (C=O) groups excluding carboxylic acids is 1. The van der Waals surface area contributed by atoms with Crippen LogP contribution in [0.25, 0.3) is 0 Å². The average Bonchev–Trinajstić information content (AvgIpc) is 3.15. The van der Waals surface area contributed by atoms with E-state index < -0.39 is 6.10 Å². The van der Waals surface area contributed by atoms with Gasteiger partial charge in [-0.1, -0.05) is 217 Å². The first-order valence-corrected chi connectivity index (χ1v) is 23.1. The Kier molecular flexibility index (Phi) is 44.5. The van der Waals surface area contributed by atoms with E-state index in [9.17, 15) is 9.90 Å². The Morgan fingerprint density at radius 3 is 1.21 bits per heavy atom. The van der Waals surface area contributed by atoms with Crippen LogP contribution >= 0.6 is 0 Å². The Morgan fingerprint density at radius 2 is 0.808 bits per heavy atom. The molecule has 4 nitrogen and oxygen atoms in total. The Labute approximate surface area is 325 Å². The van der Waals surface area contributed by atoms with Crippen molar-refractivity contribution in [2.24, 2.45) is 0 Å². The summed E-state index contributed by atoms with van der Waals surface area (Å²) in [5.41, 5.74) is 0. The molecule has 0 aliphatic heterocycles. The van der Waals surface area contributed by atoms with Gasteiger partial charge in [0.2, 0.25) is 0 Å². The number of hydrogen-bond donors (Lipinski definition) is 1. The van der Waals surface area contributed by atoms with Gasteiger partial charge in [0.15, 0.2) is 0 Å². The molecule has 0 spiro atoms. The molecule has 0 aromatic rings. The van der Waals surface area contributed by atoms with Crippen molar-refractivity contribution in [2.75, 3.05) is 19.8 Å². The molecular weight excluding hydrogens is 641 g/mol. The third kappa shape index (κ3) is 43.0. The van der Waals surface area contributed by atoms with Gasteiger partial charge in [-0.05, 0) is 51.4 Å². The second-order valence-corrected chi connectivity index (χ2v) is 15.5. The summed E-state index contributed by atoms with van der Waals surface area (Å²) in [6.45, 7) is 5.35. The second kappa shape index (κ2) is 45.8. The number of unbranched alkanes of at least 4 members (excludes halogenated alkanes) is 29. The van der Waals surface area contributed by atoms with Gasteiger partial charge in [-0.25, -0.2) is 0 Å². The van der Waals surface area contributed by atoms with Crippen LogP contribution < -0.4 is 0 Å². The molecule has 0 heterocycles. The number of ether oxygens (including phenoxy) is 2. The Hall–Kier alpha value is -1.39. The molecule has 0 aromatic carbocycles. The molecule has 52 heavy (non-hydrogen) atoms. The van der Waals surface area contributed by atoms with E-state index in [-0.39, 0.29) is 12.6 Å². The van der Waals surface area contributed by atoms with E-state index in [0.29, 0.717) is 19.6 Å². The molecule has 0 radical (unpaired) electrons. The molecule has 0 aliphatic rings. The van der Waals surface area contributed by atoms with Gasteiger partial charge in [0.25, 0.3) is 0 Å². The van der Waals surface area contributed by atoms with E-state index in [1.807, 2.05) is 0 Å². The van der Waals surface area contributed by atoms with Gasteiger partial charge < -0.3 is 14.6 Å². The summed E-state index contributed by atoms with van der Waals surface area (Å²) in [6, 6.07) is 0. The maximum atomic E-state index is 12.2. The monoisotopic (exact) mass is 731 g/mol. The lowest BCUT2D eigenvalue weighted by atomic mass is 10.0. The number of hydrogen-bond acceptors (Lipinski definition) is 4. The topological polar surface area (TPSA) is 55.8 Å². The van der Waals surface area contributed by atoms with Crippen LogP contribution in [0.1, 0.15) is 239 Å². The predicted octanol–water partition coefficient (Wildman–Crippen LogP) is 15.3. The molecule has 0 aromatic heterocycles. The summed E-state index contributed by atoms with van der Waals surface area (Å²) in [4.78, 5) is 12.2. The summed E-state index contributed by atoms with van der Waals surface area (Å²) < 4.78 is 11.2. The standard InChI is InChI=1S/C48H90O4/c1-3-5-7-9-11-13-15-17-19-21-23-24-25-26-28-30-32-34-36-38-40-42-44-51-46-47(45-49)52-48(50)43-41-39-37-35-33-31-29-27-22-20-18-16-14-12-10-8-6-4-2/h15,17,21,23,25-26,47,49H,3-14,16,18-20,22,24,27-46H2,1-2H3/b17-15-,23-21-,26-25-. The van der Waals surface area contributed by atoms with Crippen molar-refractivity contribution in [1.29, 1.82) is 0 Å². The minimum absolute atomic E-state index is 0.173. The normalized spacial score (nSPS) is 12.6. The van der Waals surface area contributed by atoms with Crippen molar-refractivity contribution in [2.45, 2.75) is 245 Å². The molecule has 0 bridgehead atoms. The van der Waals surface area contributed by atoms with Crippen molar-refractivity contribution < 1.29 is 19.4 Å². The highest BCUT2D eigenvalue weighted by Crippen LogP contribution is 2.15. The van der Waals surface area contributed by atoms with Gasteiger partial charge in [0.1, 0.15) is 6.10 Å². The van der Waals surface area contributed by atoms with Gasteiger partial charge in [-0.3, -0.25) is 4.79 Å². The van der Waals surface area contributed by atoms with Crippen LogP contribution in [-0.4, -0.2) is 37.0 Å². The number of aliphatic hydroxyl groups excluding tert-OH is 1. The van der Waals surface area contributed by atoms with Gasteiger partial charge in [-0.15, -0.1) is 0 Å². The van der Waals surface area contributed by atoms with Crippen LogP contribution in [0.2, 0.25) is 0 Å². The molecule has 1 N–H and O–H groups in total. The van der Waals surface area contributed by atoms with Gasteiger partial charge >= 0.3 is 5.97 Å². The first-order chi connectivity index (χ1) is 25.7. The number of aliphatic hydroxyl groups is 1. The van der Waals surface area contributed by atoms with Crippen molar-refractivity contribution >= 4 is 5.97 Å². The smallest absolute Gasteiger partial charge is 0.306 e. The first kappa shape index (κ1) is 50.6. The maximum absolute atomic E-state index is 12.2. The van der Waals surface area contributed by atoms with Crippen molar-refractivity contribution in [3.05, 3.63) is 36.5 Å². The summed E-state index contributed by atoms with van der Waals surface area (Å²) in [5, 5.41) is 9.62. The quantitative estimate of drug-likeness (QED) is 0.0385. The van der Waals surface area contributed by atoms with E-state index in [1.54, 1.807) is 0 Å². The molecule has 0 fully saturated rings. The maximum Gasteiger partial charge on any atom is 0.306 e. The minimum atomic E-state index is -0.537. The van der Waals surface area contributed by atoms with E-state index in [4.69, 9.17) is 9.47 Å². The molecule has 0 aliphatic carbocycles. The fourth-order valence-corrected chi connectivity index (χ4v) is 6.75. The molecule has 0 saturated carbocycles. The van der Waals surface area contributed by atoms with Crippen LogP contribution in [0.3, 0.4) is 0 Å². The fourth-order valence-electron chi connectivity index (χ4n) is 6.75. The van der Waals surface area contributed by atoms with Crippen molar-refractivity contribution in [1.82, 2.24) is 0 Å². The Morgan fingerprint density at radius 1 is 0.462 bits per heavy atom. The first-order valence-electron chi connectivity index (χ1n) is 23.1. The summed E-state index contributed by atoms with van der Waals surface area (Å²) in [6.07, 6.45) is 57.8. The van der Waals surface area contributed by atoms with Crippen molar-refractivity contribution in [3.8, 4) is 0 Å². The third-order valence-corrected chi connectivity index (χ3v) is 10.2. The highest BCUT2D eigenvalue weighted by Gasteiger charge is 2.13. The van der Waals surface area contributed by atoms with Crippen LogP contribution in [-0.2, 0) is 14.3 Å². The molecule has 306 valence electrons. The molecule has 0 rings (SSSR count). The van der Waals surface area contributed by atoms with E-state index >= 15 is 0 Å². The van der Waals surface area contributed by atoms with Gasteiger partial charge in [-0.2, -0.15) is 0 Å². The fraction of sp³-hybridized carbons (Fsp3) is 0.854. The zero-order chi connectivity index (χ0) is 37.7. The van der Waals surface area contributed by atoms with Crippen molar-refractivity contribution in [3.63, 3.8) is 0 Å². The predicted molar refractivity (Wildman–Crippen MR) is 228 cm³/mol. The number of esters is 1. The van der Waals surface area contributed by atoms with E-state index in [2.05, 4.69) is 50.3 Å². The number of rotatable bonds is 43. The number of allylic oxidation sites excluding steroid dienone is 6. The minimum Gasteiger partial charge on any atom is -0.457 e. The lowest BCUT2D eigenvalue weighted by molar-refractivity contribution is -0.154. The molecule has 4 heteroatoms. The lowest BCUT2D eigenvalue weighted by Crippen LogP contribution is -2.27. The molecule has 1 unspecified atom stereocenters. The molecular formula is C48H90O4. The summed E-state index contributed by atoms with van der Waals surface area (Å²) in [7, 11) is 0. The second-order valence-electron chi connectivity index (χ2n) is 15.5. The van der Waals surface area contributed by atoms with Gasteiger partial charge in [0, 0.05) is 13.0 Å².